The van der Waals surface area contributed by atoms with Crippen LogP contribution in [-0.2, 0) is 16.0 Å². The number of carbonyl (C=O) groups excluding carboxylic acids is 1. The van der Waals surface area contributed by atoms with Crippen LogP contribution in [0.2, 0.25) is 5.02 Å². The van der Waals surface area contributed by atoms with Crippen LogP contribution in [0.15, 0.2) is 42.5 Å². The minimum atomic E-state index is 0.0809. The van der Waals surface area contributed by atoms with Crippen LogP contribution < -0.4 is 4.90 Å². The molecule has 0 saturated carbocycles. The van der Waals surface area contributed by atoms with Crippen LogP contribution in [0.25, 0.3) is 10.2 Å². The van der Waals surface area contributed by atoms with Gasteiger partial charge in [0, 0.05) is 18.1 Å². The third kappa shape index (κ3) is 4.22. The summed E-state index contributed by atoms with van der Waals surface area (Å²) in [7, 11) is 0. The zero-order valence-corrected chi connectivity index (χ0v) is 17.4. The van der Waals surface area contributed by atoms with E-state index in [-0.39, 0.29) is 12.0 Å². The first-order valence-corrected chi connectivity index (χ1v) is 10.8. The number of fused-ring (bicyclic) bond motifs is 1. The third-order valence-corrected chi connectivity index (χ3v) is 6.60. The zero-order chi connectivity index (χ0) is 19.5. The minimum Gasteiger partial charge on any atom is -0.376 e. The van der Waals surface area contributed by atoms with Gasteiger partial charge in [-0.2, -0.15) is 0 Å². The van der Waals surface area contributed by atoms with E-state index in [0.717, 1.165) is 46.8 Å². The Labute approximate surface area is 174 Å². The summed E-state index contributed by atoms with van der Waals surface area (Å²) in [5, 5.41) is 1.43. The molecule has 0 aliphatic carbocycles. The Hall–Kier alpha value is -1.95. The topological polar surface area (TPSA) is 42.4 Å². The molecule has 0 radical (unpaired) electrons. The Balaban J connectivity index is 1.59. The second-order valence-electron chi connectivity index (χ2n) is 7.14. The number of nitrogens with zero attached hydrogens (tertiary/aromatic N) is 2. The number of halogens is 1. The van der Waals surface area contributed by atoms with E-state index in [0.29, 0.717) is 18.0 Å². The van der Waals surface area contributed by atoms with Crippen LogP contribution in [0.4, 0.5) is 5.13 Å². The number of anilines is 1. The van der Waals surface area contributed by atoms with E-state index in [1.165, 1.54) is 5.56 Å². The van der Waals surface area contributed by atoms with Crippen molar-refractivity contribution in [2.24, 2.45) is 0 Å². The largest absolute Gasteiger partial charge is 0.376 e. The van der Waals surface area contributed by atoms with Gasteiger partial charge in [0.2, 0.25) is 5.91 Å². The molecule has 1 fully saturated rings. The summed E-state index contributed by atoms with van der Waals surface area (Å²) in [6.45, 7) is 3.29. The Morgan fingerprint density at radius 3 is 2.86 bits per heavy atom. The fraction of sp³-hybridized carbons (Fsp3) is 0.364. The molecule has 2 heterocycles. The number of aromatic nitrogens is 1. The Morgan fingerprint density at radius 2 is 2.11 bits per heavy atom. The van der Waals surface area contributed by atoms with E-state index in [1.54, 1.807) is 11.3 Å². The summed E-state index contributed by atoms with van der Waals surface area (Å²) < 4.78 is 6.84. The molecule has 1 atom stereocenters. The minimum absolute atomic E-state index is 0.0809. The molecular weight excluding hydrogens is 392 g/mol. The Bertz CT molecular complexity index is 967. The molecular formula is C22H23ClN2O2S. The van der Waals surface area contributed by atoms with Gasteiger partial charge in [0.05, 0.1) is 22.9 Å². The molecule has 1 amide bonds. The second-order valence-corrected chi connectivity index (χ2v) is 8.56. The maximum Gasteiger partial charge on any atom is 0.229 e. The fourth-order valence-corrected chi connectivity index (χ4v) is 4.72. The quantitative estimate of drug-likeness (QED) is 0.542. The summed E-state index contributed by atoms with van der Waals surface area (Å²) in [4.78, 5) is 19.7. The first kappa shape index (κ1) is 19.4. The Morgan fingerprint density at radius 1 is 1.29 bits per heavy atom. The van der Waals surface area contributed by atoms with Crippen molar-refractivity contribution in [2.45, 2.75) is 38.7 Å². The van der Waals surface area contributed by atoms with Crippen LogP contribution in [-0.4, -0.2) is 30.1 Å². The van der Waals surface area contributed by atoms with Crippen LogP contribution >= 0.6 is 22.9 Å². The number of hydrogen-bond acceptors (Lipinski definition) is 4. The molecule has 0 N–H and O–H groups in total. The molecule has 28 heavy (non-hydrogen) atoms. The average Bonchev–Trinajstić information content (AvgIpc) is 3.38. The van der Waals surface area contributed by atoms with E-state index >= 15 is 0 Å². The Kier molecular flexibility index (Phi) is 5.95. The molecule has 1 saturated heterocycles. The van der Waals surface area contributed by atoms with Crippen molar-refractivity contribution in [3.05, 3.63) is 58.6 Å². The van der Waals surface area contributed by atoms with Gasteiger partial charge < -0.3 is 4.74 Å². The molecule has 0 spiro atoms. The van der Waals surface area contributed by atoms with Crippen LogP contribution in [0, 0.1) is 6.92 Å². The van der Waals surface area contributed by atoms with Crippen molar-refractivity contribution in [3.63, 3.8) is 0 Å². The lowest BCUT2D eigenvalue weighted by molar-refractivity contribution is -0.119. The second kappa shape index (κ2) is 8.60. The number of thiazole rings is 1. The molecule has 1 aliphatic heterocycles. The smallest absolute Gasteiger partial charge is 0.229 e. The van der Waals surface area contributed by atoms with Crippen LogP contribution in [0.5, 0.6) is 0 Å². The van der Waals surface area contributed by atoms with Gasteiger partial charge in [-0.15, -0.1) is 0 Å². The molecule has 1 aromatic heterocycles. The van der Waals surface area contributed by atoms with Crippen LogP contribution in [0.3, 0.4) is 0 Å². The van der Waals surface area contributed by atoms with Gasteiger partial charge >= 0.3 is 0 Å². The van der Waals surface area contributed by atoms with Crippen molar-refractivity contribution in [2.75, 3.05) is 18.1 Å². The van der Waals surface area contributed by atoms with Gasteiger partial charge in [-0.25, -0.2) is 4.98 Å². The lowest BCUT2D eigenvalue weighted by atomic mass is 10.1. The van der Waals surface area contributed by atoms with Gasteiger partial charge in [0.1, 0.15) is 0 Å². The predicted molar refractivity (Wildman–Crippen MR) is 115 cm³/mol. The highest BCUT2D eigenvalue weighted by molar-refractivity contribution is 7.22. The molecule has 0 bridgehead atoms. The highest BCUT2D eigenvalue weighted by Crippen LogP contribution is 2.34. The number of benzene rings is 2. The molecule has 1 aliphatic rings. The van der Waals surface area contributed by atoms with Gasteiger partial charge in [-0.3, -0.25) is 9.69 Å². The first-order valence-electron chi connectivity index (χ1n) is 9.63. The van der Waals surface area contributed by atoms with Crippen molar-refractivity contribution in [1.29, 1.82) is 0 Å². The standard InChI is InChI=1S/C22H23ClN2O2S/c1-15-18(23)10-11-19-21(15)24-22(28-19)25(14-17-8-5-13-27-17)20(26)12-9-16-6-3-2-4-7-16/h2-4,6-7,10-11,17H,5,8-9,12-14H2,1H3. The summed E-state index contributed by atoms with van der Waals surface area (Å²) >= 11 is 7.80. The summed E-state index contributed by atoms with van der Waals surface area (Å²) in [6, 6.07) is 14.0. The van der Waals surface area contributed by atoms with Gasteiger partial charge in [0.15, 0.2) is 5.13 Å². The van der Waals surface area contributed by atoms with Crippen molar-refractivity contribution >= 4 is 44.2 Å². The summed E-state index contributed by atoms with van der Waals surface area (Å²) in [6.07, 6.45) is 3.28. The maximum absolute atomic E-state index is 13.1. The number of amides is 1. The molecule has 1 unspecified atom stereocenters. The number of rotatable bonds is 6. The van der Waals surface area contributed by atoms with E-state index in [4.69, 9.17) is 21.3 Å². The predicted octanol–water partition coefficient (Wildman–Crippen LogP) is 5.40. The first-order chi connectivity index (χ1) is 13.6. The molecule has 2 aromatic carbocycles. The lowest BCUT2D eigenvalue weighted by Gasteiger charge is -2.23. The molecule has 3 aromatic rings. The average molecular weight is 415 g/mol. The molecule has 4 nitrogen and oxygen atoms in total. The molecule has 4 rings (SSSR count). The van der Waals surface area contributed by atoms with Crippen molar-refractivity contribution in [3.8, 4) is 0 Å². The number of hydrogen-bond donors (Lipinski definition) is 0. The zero-order valence-electron chi connectivity index (χ0n) is 15.9. The van der Waals surface area contributed by atoms with Crippen molar-refractivity contribution in [1.82, 2.24) is 4.98 Å². The summed E-state index contributed by atoms with van der Waals surface area (Å²) in [5.41, 5.74) is 3.00. The summed E-state index contributed by atoms with van der Waals surface area (Å²) in [5.74, 6) is 0.0853. The number of carbonyl (C=O) groups is 1. The van der Waals surface area contributed by atoms with Crippen LogP contribution in [0.1, 0.15) is 30.4 Å². The molecule has 6 heteroatoms. The van der Waals surface area contributed by atoms with Gasteiger partial charge in [0.25, 0.3) is 0 Å². The third-order valence-electron chi connectivity index (χ3n) is 5.15. The molecule has 146 valence electrons. The number of ether oxygens (including phenoxy) is 1. The fourth-order valence-electron chi connectivity index (χ4n) is 3.51. The monoisotopic (exact) mass is 414 g/mol. The number of aryl methyl sites for hydroxylation is 2. The SMILES string of the molecule is Cc1c(Cl)ccc2sc(N(CC3CCCO3)C(=O)CCc3ccccc3)nc12. The van der Waals surface area contributed by atoms with E-state index in [9.17, 15) is 4.79 Å². The highest BCUT2D eigenvalue weighted by atomic mass is 35.5. The maximum atomic E-state index is 13.1. The van der Waals surface area contributed by atoms with E-state index in [2.05, 4.69) is 12.1 Å². The highest BCUT2D eigenvalue weighted by Gasteiger charge is 2.26. The van der Waals surface area contributed by atoms with Gasteiger partial charge in [-0.1, -0.05) is 53.3 Å². The van der Waals surface area contributed by atoms with Crippen molar-refractivity contribution < 1.29 is 9.53 Å². The van der Waals surface area contributed by atoms with E-state index in [1.807, 2.05) is 42.2 Å². The van der Waals surface area contributed by atoms with E-state index < -0.39 is 0 Å². The van der Waals surface area contributed by atoms with Gasteiger partial charge in [-0.05, 0) is 49.4 Å². The normalized spacial score (nSPS) is 16.6. The lowest BCUT2D eigenvalue weighted by Crippen LogP contribution is -2.37.